The number of rotatable bonds is 15. The molecular weight excluding hydrogens is 522 g/mol. The Hall–Kier alpha value is -3.32. The lowest BCUT2D eigenvalue weighted by atomic mass is 9.87. The van der Waals surface area contributed by atoms with Crippen molar-refractivity contribution in [1.82, 2.24) is 10.3 Å². The van der Waals surface area contributed by atoms with Gasteiger partial charge < -0.3 is 19.9 Å². The van der Waals surface area contributed by atoms with Crippen LogP contribution in [0.25, 0.3) is 0 Å². The summed E-state index contributed by atoms with van der Waals surface area (Å²) in [4.78, 5) is 50.8. The average molecular weight is 552 g/mol. The third-order valence-corrected chi connectivity index (χ3v) is 7.45. The topological polar surface area (TPSA) is 158 Å². The molecule has 0 unspecified atom stereocenters. The SMILES string of the molecule is COC(=O)C[C@@H](Cc1ccc(O)cc1)C[C@H](C)C(=O)NCC(=O)OCCSSc1ncccc1[N+](=O)[O-]. The van der Waals surface area contributed by atoms with E-state index in [0.29, 0.717) is 18.6 Å². The lowest BCUT2D eigenvalue weighted by Crippen LogP contribution is -2.35. The molecule has 1 amide bonds. The van der Waals surface area contributed by atoms with Crippen molar-refractivity contribution in [2.45, 2.75) is 31.2 Å². The molecule has 1 aromatic heterocycles. The molecule has 37 heavy (non-hydrogen) atoms. The number of esters is 2. The fraction of sp³-hybridized carbons (Fsp3) is 0.417. The van der Waals surface area contributed by atoms with E-state index in [1.165, 1.54) is 36.2 Å². The maximum absolute atomic E-state index is 12.5. The van der Waals surface area contributed by atoms with Crippen molar-refractivity contribution in [2.24, 2.45) is 11.8 Å². The fourth-order valence-electron chi connectivity index (χ4n) is 3.39. The van der Waals surface area contributed by atoms with Gasteiger partial charge in [0, 0.05) is 30.4 Å². The Bertz CT molecular complexity index is 1070. The second-order valence-corrected chi connectivity index (χ2v) is 10.5. The number of aromatic nitrogens is 1. The Morgan fingerprint density at radius 1 is 1.19 bits per heavy atom. The van der Waals surface area contributed by atoms with Gasteiger partial charge in [0.05, 0.1) is 12.0 Å². The van der Waals surface area contributed by atoms with Crippen LogP contribution in [-0.2, 0) is 30.3 Å². The molecule has 2 atom stereocenters. The van der Waals surface area contributed by atoms with Gasteiger partial charge in [-0.25, -0.2) is 4.98 Å². The van der Waals surface area contributed by atoms with E-state index in [1.807, 2.05) is 0 Å². The van der Waals surface area contributed by atoms with Crippen molar-refractivity contribution in [1.29, 1.82) is 0 Å². The predicted octanol–water partition coefficient (Wildman–Crippen LogP) is 3.54. The van der Waals surface area contributed by atoms with Gasteiger partial charge in [-0.1, -0.05) is 29.9 Å². The van der Waals surface area contributed by atoms with E-state index in [-0.39, 0.29) is 53.8 Å². The standard InChI is InChI=1S/C24H29N3O8S2/c1-16(12-18(14-21(29)34-2)13-17-5-7-19(28)8-6-17)23(31)26-15-22(30)35-10-11-36-37-24-20(27(32)33)4-3-9-25-24/h3-9,16,18,28H,10-15H2,1-2H3,(H,26,31)/t16-,18+/m0/s1. The van der Waals surface area contributed by atoms with E-state index < -0.39 is 16.8 Å². The van der Waals surface area contributed by atoms with Gasteiger partial charge in [-0.2, -0.15) is 0 Å². The molecule has 0 spiro atoms. The monoisotopic (exact) mass is 551 g/mol. The second kappa shape index (κ2) is 15.7. The molecule has 0 fully saturated rings. The molecule has 11 nitrogen and oxygen atoms in total. The Kier molecular flexibility index (Phi) is 12.7. The number of nitrogens with zero attached hydrogens (tertiary/aromatic N) is 2. The summed E-state index contributed by atoms with van der Waals surface area (Å²) in [6.07, 6.45) is 2.51. The molecular formula is C24H29N3O8S2. The smallest absolute Gasteiger partial charge is 0.325 e. The van der Waals surface area contributed by atoms with E-state index in [0.717, 1.165) is 16.4 Å². The number of carbonyl (C=O) groups is 3. The normalized spacial score (nSPS) is 12.3. The zero-order chi connectivity index (χ0) is 27.2. The Morgan fingerprint density at radius 2 is 1.92 bits per heavy atom. The molecule has 1 aromatic carbocycles. The summed E-state index contributed by atoms with van der Waals surface area (Å²) < 4.78 is 9.88. The third-order valence-electron chi connectivity index (χ3n) is 5.20. The first-order chi connectivity index (χ1) is 17.7. The van der Waals surface area contributed by atoms with Gasteiger partial charge in [0.25, 0.3) is 0 Å². The summed E-state index contributed by atoms with van der Waals surface area (Å²) in [5, 5.41) is 23.3. The minimum Gasteiger partial charge on any atom is -0.508 e. The van der Waals surface area contributed by atoms with Gasteiger partial charge in [-0.05, 0) is 53.3 Å². The number of hydrogen-bond acceptors (Lipinski definition) is 11. The molecule has 0 aliphatic rings. The highest BCUT2D eigenvalue weighted by Gasteiger charge is 2.23. The summed E-state index contributed by atoms with van der Waals surface area (Å²) >= 11 is 0. The first-order valence-corrected chi connectivity index (χ1v) is 13.7. The van der Waals surface area contributed by atoms with Crippen LogP contribution >= 0.6 is 21.6 Å². The van der Waals surface area contributed by atoms with Gasteiger partial charge >= 0.3 is 17.6 Å². The maximum Gasteiger partial charge on any atom is 0.325 e. The molecule has 13 heteroatoms. The minimum atomic E-state index is -0.606. The number of nitro groups is 1. The number of phenolic OH excluding ortho intramolecular Hbond substituents is 1. The van der Waals surface area contributed by atoms with Crippen LogP contribution in [0.15, 0.2) is 47.6 Å². The molecule has 2 rings (SSSR count). The Labute approximate surface area is 222 Å². The Balaban J connectivity index is 1.73. The van der Waals surface area contributed by atoms with E-state index >= 15 is 0 Å². The third kappa shape index (κ3) is 11.1. The molecule has 0 saturated carbocycles. The Morgan fingerprint density at radius 3 is 2.59 bits per heavy atom. The number of ether oxygens (including phenoxy) is 2. The predicted molar refractivity (Wildman–Crippen MR) is 139 cm³/mol. The number of pyridine rings is 1. The minimum absolute atomic E-state index is 0.0659. The molecule has 2 aromatic rings. The van der Waals surface area contributed by atoms with Crippen LogP contribution in [-0.4, -0.2) is 58.9 Å². The van der Waals surface area contributed by atoms with Gasteiger partial charge in [0.1, 0.15) is 18.9 Å². The molecule has 0 aliphatic carbocycles. The summed E-state index contributed by atoms with van der Waals surface area (Å²) in [5.41, 5.74) is 0.822. The van der Waals surface area contributed by atoms with Gasteiger partial charge in [0.15, 0.2) is 5.03 Å². The molecule has 200 valence electrons. The van der Waals surface area contributed by atoms with E-state index in [1.54, 1.807) is 31.2 Å². The molecule has 0 aliphatic heterocycles. The number of aromatic hydroxyl groups is 1. The van der Waals surface area contributed by atoms with Crippen LogP contribution in [0.4, 0.5) is 5.69 Å². The van der Waals surface area contributed by atoms with Crippen LogP contribution < -0.4 is 5.32 Å². The van der Waals surface area contributed by atoms with Crippen LogP contribution in [0.2, 0.25) is 0 Å². The number of methoxy groups -OCH3 is 1. The van der Waals surface area contributed by atoms with Crippen molar-refractivity contribution in [3.05, 3.63) is 58.3 Å². The van der Waals surface area contributed by atoms with E-state index in [9.17, 15) is 29.6 Å². The van der Waals surface area contributed by atoms with Crippen LogP contribution in [0.3, 0.4) is 0 Å². The van der Waals surface area contributed by atoms with E-state index in [4.69, 9.17) is 9.47 Å². The average Bonchev–Trinajstić information content (AvgIpc) is 2.88. The highest BCUT2D eigenvalue weighted by molar-refractivity contribution is 8.76. The van der Waals surface area contributed by atoms with Crippen molar-refractivity contribution >= 4 is 45.1 Å². The van der Waals surface area contributed by atoms with Crippen molar-refractivity contribution < 1.29 is 33.9 Å². The molecule has 0 radical (unpaired) electrons. The van der Waals surface area contributed by atoms with E-state index in [2.05, 4.69) is 10.3 Å². The fourth-order valence-corrected chi connectivity index (χ4v) is 5.24. The molecule has 2 N–H and O–H groups in total. The number of carbonyl (C=O) groups excluding carboxylic acids is 3. The van der Waals surface area contributed by atoms with Crippen molar-refractivity contribution in [3.8, 4) is 5.75 Å². The number of hydrogen-bond donors (Lipinski definition) is 2. The van der Waals surface area contributed by atoms with Crippen molar-refractivity contribution in [3.63, 3.8) is 0 Å². The zero-order valence-electron chi connectivity index (χ0n) is 20.5. The number of amides is 1. The van der Waals surface area contributed by atoms with Crippen molar-refractivity contribution in [2.75, 3.05) is 26.0 Å². The quantitative estimate of drug-likeness (QED) is 0.110. The summed E-state index contributed by atoms with van der Waals surface area (Å²) in [6.45, 7) is 1.48. The highest BCUT2D eigenvalue weighted by atomic mass is 33.1. The van der Waals surface area contributed by atoms with Gasteiger partial charge in [-0.15, -0.1) is 0 Å². The van der Waals surface area contributed by atoms with Gasteiger partial charge in [0.2, 0.25) is 5.91 Å². The molecule has 1 heterocycles. The lowest BCUT2D eigenvalue weighted by Gasteiger charge is -2.20. The van der Waals surface area contributed by atoms with Crippen LogP contribution in [0.5, 0.6) is 5.75 Å². The number of phenols is 1. The summed E-state index contributed by atoms with van der Waals surface area (Å²) in [6, 6.07) is 9.49. The first kappa shape index (κ1) is 29.9. The zero-order valence-corrected chi connectivity index (χ0v) is 22.1. The highest BCUT2D eigenvalue weighted by Crippen LogP contribution is 2.35. The molecule has 0 saturated heterocycles. The van der Waals surface area contributed by atoms with Crippen LogP contribution in [0, 0.1) is 22.0 Å². The number of benzene rings is 1. The summed E-state index contributed by atoms with van der Waals surface area (Å²) in [7, 11) is 3.68. The van der Waals surface area contributed by atoms with Gasteiger partial charge in [-0.3, -0.25) is 24.5 Å². The first-order valence-electron chi connectivity index (χ1n) is 11.4. The maximum atomic E-state index is 12.5. The lowest BCUT2D eigenvalue weighted by molar-refractivity contribution is -0.388. The second-order valence-electron chi connectivity index (χ2n) is 8.08. The number of nitrogens with one attached hydrogen (secondary N) is 1. The molecule has 0 bridgehead atoms. The summed E-state index contributed by atoms with van der Waals surface area (Å²) in [5.74, 6) is -1.46. The largest absolute Gasteiger partial charge is 0.508 e. The van der Waals surface area contributed by atoms with Crippen LogP contribution in [0.1, 0.15) is 25.3 Å².